The van der Waals surface area contributed by atoms with Gasteiger partial charge in [0.15, 0.2) is 5.78 Å². The van der Waals surface area contributed by atoms with Crippen LogP contribution in [0.15, 0.2) is 41.7 Å². The molecular formula is C16H18O5. The van der Waals surface area contributed by atoms with Crippen LogP contribution in [0.4, 0.5) is 0 Å². The lowest BCUT2D eigenvalue weighted by molar-refractivity contribution is -0.220. The summed E-state index contributed by atoms with van der Waals surface area (Å²) < 4.78 is 9.89. The molecule has 0 spiro atoms. The van der Waals surface area contributed by atoms with Gasteiger partial charge in [0.1, 0.15) is 5.76 Å². The molecule has 1 aliphatic rings. The molecule has 1 aromatic rings. The lowest BCUT2D eigenvalue weighted by Crippen LogP contribution is -2.46. The molecular weight excluding hydrogens is 272 g/mol. The molecule has 2 atom stereocenters. The maximum absolute atomic E-state index is 11.9. The summed E-state index contributed by atoms with van der Waals surface area (Å²) in [6.07, 6.45) is -0.0596. The first kappa shape index (κ1) is 15.3. The van der Waals surface area contributed by atoms with Crippen LogP contribution in [0.2, 0.25) is 0 Å². The second-order valence-corrected chi connectivity index (χ2v) is 5.07. The van der Waals surface area contributed by atoms with Crippen molar-refractivity contribution in [3.8, 4) is 0 Å². The second kappa shape index (κ2) is 5.69. The summed E-state index contributed by atoms with van der Waals surface area (Å²) in [7, 11) is 1.18. The van der Waals surface area contributed by atoms with E-state index in [-0.39, 0.29) is 18.0 Å². The summed E-state index contributed by atoms with van der Waals surface area (Å²) in [6.45, 7) is 3.01. The van der Waals surface area contributed by atoms with Gasteiger partial charge in [0, 0.05) is 17.9 Å². The molecule has 21 heavy (non-hydrogen) atoms. The lowest BCUT2D eigenvalue weighted by Gasteiger charge is -2.36. The molecule has 0 aromatic heterocycles. The van der Waals surface area contributed by atoms with Crippen molar-refractivity contribution >= 4 is 11.8 Å². The molecule has 0 fully saturated rings. The first-order valence-corrected chi connectivity index (χ1v) is 6.65. The van der Waals surface area contributed by atoms with Gasteiger partial charge in [-0.3, -0.25) is 4.79 Å². The standard InChI is InChI=1S/C16H18O5/c1-10(17)14-11(2)21-16(19,15(18)20-3)9-13(14)12-7-5-4-6-8-12/h4-8,13,19H,9H2,1-3H3/t13-,16?/m0/s1. The molecule has 0 amide bonds. The van der Waals surface area contributed by atoms with E-state index < -0.39 is 17.7 Å². The van der Waals surface area contributed by atoms with E-state index in [9.17, 15) is 14.7 Å². The number of ketones is 1. The highest BCUT2D eigenvalue weighted by Gasteiger charge is 2.48. The largest absolute Gasteiger partial charge is 0.464 e. The SMILES string of the molecule is COC(=O)C1(O)C[C@@H](c2ccccc2)C(C(C)=O)=C(C)O1. The van der Waals surface area contributed by atoms with Crippen LogP contribution in [0.1, 0.15) is 31.7 Å². The molecule has 0 saturated heterocycles. The van der Waals surface area contributed by atoms with Crippen LogP contribution in [0.25, 0.3) is 0 Å². The number of ether oxygens (including phenoxy) is 2. The third-order valence-corrected chi connectivity index (χ3v) is 3.62. The van der Waals surface area contributed by atoms with Crippen LogP contribution in [0.5, 0.6) is 0 Å². The molecule has 1 N–H and O–H groups in total. The fraction of sp³-hybridized carbons (Fsp3) is 0.375. The monoisotopic (exact) mass is 290 g/mol. The van der Waals surface area contributed by atoms with E-state index in [1.165, 1.54) is 14.0 Å². The van der Waals surface area contributed by atoms with Crippen LogP contribution >= 0.6 is 0 Å². The molecule has 112 valence electrons. The van der Waals surface area contributed by atoms with E-state index in [2.05, 4.69) is 4.74 Å². The summed E-state index contributed by atoms with van der Waals surface area (Å²) in [5, 5.41) is 10.4. The average Bonchev–Trinajstić information content (AvgIpc) is 2.46. The van der Waals surface area contributed by atoms with E-state index in [0.717, 1.165) is 5.56 Å². The molecule has 1 heterocycles. The number of hydrogen-bond donors (Lipinski definition) is 1. The Morgan fingerprint density at radius 1 is 1.33 bits per heavy atom. The predicted molar refractivity (Wildman–Crippen MR) is 75.2 cm³/mol. The number of hydrogen-bond acceptors (Lipinski definition) is 5. The van der Waals surface area contributed by atoms with Crippen LogP contribution in [0, 0.1) is 0 Å². The van der Waals surface area contributed by atoms with E-state index >= 15 is 0 Å². The second-order valence-electron chi connectivity index (χ2n) is 5.07. The van der Waals surface area contributed by atoms with Gasteiger partial charge in [-0.05, 0) is 19.4 Å². The van der Waals surface area contributed by atoms with Crippen molar-refractivity contribution in [3.05, 3.63) is 47.2 Å². The number of methoxy groups -OCH3 is 1. The third-order valence-electron chi connectivity index (χ3n) is 3.62. The van der Waals surface area contributed by atoms with Crippen molar-refractivity contribution in [1.82, 2.24) is 0 Å². The normalized spacial score (nSPS) is 25.2. The Bertz CT molecular complexity index is 590. The molecule has 1 aromatic carbocycles. The van der Waals surface area contributed by atoms with Gasteiger partial charge in [-0.15, -0.1) is 0 Å². The number of esters is 1. The minimum Gasteiger partial charge on any atom is -0.464 e. The van der Waals surface area contributed by atoms with Crippen LogP contribution in [-0.2, 0) is 19.1 Å². The number of rotatable bonds is 3. The maximum Gasteiger partial charge on any atom is 0.379 e. The summed E-state index contributed by atoms with van der Waals surface area (Å²) in [5.41, 5.74) is 1.31. The number of benzene rings is 1. The van der Waals surface area contributed by atoms with Gasteiger partial charge >= 0.3 is 11.8 Å². The molecule has 5 nitrogen and oxygen atoms in total. The lowest BCUT2D eigenvalue weighted by atomic mass is 9.81. The first-order chi connectivity index (χ1) is 9.89. The molecule has 0 bridgehead atoms. The van der Waals surface area contributed by atoms with Crippen LogP contribution in [0.3, 0.4) is 0 Å². The Balaban J connectivity index is 2.51. The highest BCUT2D eigenvalue weighted by atomic mass is 16.7. The van der Waals surface area contributed by atoms with Gasteiger partial charge in [-0.2, -0.15) is 0 Å². The number of allylic oxidation sites excluding steroid dienone is 2. The van der Waals surface area contributed by atoms with Gasteiger partial charge in [-0.1, -0.05) is 30.3 Å². The van der Waals surface area contributed by atoms with E-state index in [1.54, 1.807) is 6.92 Å². The molecule has 0 aliphatic carbocycles. The number of carbonyl (C=O) groups excluding carboxylic acids is 2. The number of carbonyl (C=O) groups is 2. The maximum atomic E-state index is 11.9. The van der Waals surface area contributed by atoms with Crippen molar-refractivity contribution in [3.63, 3.8) is 0 Å². The Kier molecular flexibility index (Phi) is 4.14. The van der Waals surface area contributed by atoms with Gasteiger partial charge < -0.3 is 14.6 Å². The summed E-state index contributed by atoms with van der Waals surface area (Å²) >= 11 is 0. The van der Waals surface area contributed by atoms with Crippen molar-refractivity contribution < 1.29 is 24.2 Å². The third kappa shape index (κ3) is 2.83. The van der Waals surface area contributed by atoms with E-state index in [0.29, 0.717) is 5.57 Å². The molecule has 0 saturated carbocycles. The quantitative estimate of drug-likeness (QED) is 0.861. The van der Waals surface area contributed by atoms with E-state index in [1.807, 2.05) is 30.3 Å². The van der Waals surface area contributed by atoms with Crippen molar-refractivity contribution in [2.24, 2.45) is 0 Å². The summed E-state index contributed by atoms with van der Waals surface area (Å²) in [5.74, 6) is -3.26. The molecule has 1 unspecified atom stereocenters. The number of aliphatic hydroxyl groups is 1. The highest BCUT2D eigenvalue weighted by molar-refractivity contribution is 5.96. The molecule has 0 radical (unpaired) electrons. The first-order valence-electron chi connectivity index (χ1n) is 6.65. The summed E-state index contributed by atoms with van der Waals surface area (Å²) in [4.78, 5) is 23.7. The minimum atomic E-state index is -2.07. The topological polar surface area (TPSA) is 72.8 Å². The smallest absolute Gasteiger partial charge is 0.379 e. The minimum absolute atomic E-state index is 0.0596. The van der Waals surface area contributed by atoms with Gasteiger partial charge in [0.05, 0.1) is 7.11 Å². The zero-order valence-corrected chi connectivity index (χ0v) is 12.3. The van der Waals surface area contributed by atoms with Gasteiger partial charge in [-0.25, -0.2) is 4.79 Å². The van der Waals surface area contributed by atoms with Crippen molar-refractivity contribution in [1.29, 1.82) is 0 Å². The fourth-order valence-electron chi connectivity index (χ4n) is 2.72. The predicted octanol–water partition coefficient (Wildman–Crippen LogP) is 1.92. The van der Waals surface area contributed by atoms with Crippen LogP contribution in [-0.4, -0.2) is 29.8 Å². The Morgan fingerprint density at radius 3 is 2.48 bits per heavy atom. The van der Waals surface area contributed by atoms with Crippen molar-refractivity contribution in [2.45, 2.75) is 32.0 Å². The Labute approximate surface area is 123 Å². The Morgan fingerprint density at radius 2 is 1.95 bits per heavy atom. The highest BCUT2D eigenvalue weighted by Crippen LogP contribution is 2.41. The molecule has 1 aliphatic heterocycles. The molecule has 2 rings (SSSR count). The van der Waals surface area contributed by atoms with Gasteiger partial charge in [0.25, 0.3) is 0 Å². The Hall–Kier alpha value is -2.14. The van der Waals surface area contributed by atoms with Crippen molar-refractivity contribution in [2.75, 3.05) is 7.11 Å². The zero-order chi connectivity index (χ0) is 15.6. The molecule has 5 heteroatoms. The van der Waals surface area contributed by atoms with Crippen LogP contribution < -0.4 is 0 Å². The van der Waals surface area contributed by atoms with Gasteiger partial charge in [0.2, 0.25) is 0 Å². The van der Waals surface area contributed by atoms with E-state index in [4.69, 9.17) is 4.74 Å². The number of Topliss-reactive ketones (excluding diaryl/α,β-unsaturated/α-hetero) is 1. The zero-order valence-electron chi connectivity index (χ0n) is 12.3. The fourth-order valence-corrected chi connectivity index (χ4v) is 2.72. The average molecular weight is 290 g/mol. The summed E-state index contributed by atoms with van der Waals surface area (Å²) in [6, 6.07) is 9.25.